The highest BCUT2D eigenvalue weighted by atomic mass is 32.2. The summed E-state index contributed by atoms with van der Waals surface area (Å²) in [7, 11) is 1.84. The maximum Gasteiger partial charge on any atom is 0.239 e. The van der Waals surface area contributed by atoms with Crippen molar-refractivity contribution >= 4 is 17.7 Å². The van der Waals surface area contributed by atoms with Crippen LogP contribution in [0.2, 0.25) is 0 Å². The Hall–Kier alpha value is -0.220. The van der Waals surface area contributed by atoms with Crippen LogP contribution < -0.4 is 5.73 Å². The van der Waals surface area contributed by atoms with Crippen molar-refractivity contribution in [3.63, 3.8) is 0 Å². The van der Waals surface area contributed by atoms with Gasteiger partial charge in [-0.1, -0.05) is 6.92 Å². The zero-order valence-corrected chi connectivity index (χ0v) is 10.4. The lowest BCUT2D eigenvalue weighted by Gasteiger charge is -2.27. The predicted molar refractivity (Wildman–Crippen MR) is 63.5 cm³/mol. The van der Waals surface area contributed by atoms with Crippen molar-refractivity contribution in [2.24, 2.45) is 5.73 Å². The predicted octanol–water partition coefficient (Wildman–Crippen LogP) is 1.32. The maximum absolute atomic E-state index is 11.7. The van der Waals surface area contributed by atoms with E-state index in [1.165, 1.54) is 0 Å². The smallest absolute Gasteiger partial charge is 0.239 e. The van der Waals surface area contributed by atoms with Gasteiger partial charge in [-0.05, 0) is 31.8 Å². The van der Waals surface area contributed by atoms with Crippen LogP contribution in [0.25, 0.3) is 0 Å². The third kappa shape index (κ3) is 4.33. The molecule has 0 radical (unpaired) electrons. The fraction of sp³-hybridized carbons (Fsp3) is 0.900. The molecule has 0 saturated carbocycles. The molecule has 2 atom stereocenters. The molecule has 0 aliphatic heterocycles. The van der Waals surface area contributed by atoms with E-state index in [-0.39, 0.29) is 18.0 Å². The van der Waals surface area contributed by atoms with E-state index in [0.717, 1.165) is 12.2 Å². The van der Waals surface area contributed by atoms with E-state index in [1.54, 1.807) is 16.7 Å². The Labute approximate surface area is 91.4 Å². The Morgan fingerprint density at radius 2 is 2.14 bits per heavy atom. The number of hydrogen-bond donors (Lipinski definition) is 1. The minimum absolute atomic E-state index is 0.0566. The highest BCUT2D eigenvalue weighted by Gasteiger charge is 2.19. The minimum Gasteiger partial charge on any atom is -0.342 e. The largest absolute Gasteiger partial charge is 0.342 e. The van der Waals surface area contributed by atoms with Crippen LogP contribution in [-0.2, 0) is 4.79 Å². The molecule has 4 heteroatoms. The first-order valence-electron chi connectivity index (χ1n) is 5.05. The van der Waals surface area contributed by atoms with Gasteiger partial charge in [0.05, 0.1) is 6.04 Å². The fourth-order valence-corrected chi connectivity index (χ4v) is 1.71. The molecule has 0 aromatic rings. The topological polar surface area (TPSA) is 46.3 Å². The molecular formula is C10H22N2OS. The molecule has 2 N–H and O–H groups in total. The van der Waals surface area contributed by atoms with Crippen molar-refractivity contribution in [1.82, 2.24) is 4.90 Å². The molecule has 3 nitrogen and oxygen atoms in total. The Morgan fingerprint density at radius 1 is 1.57 bits per heavy atom. The quantitative estimate of drug-likeness (QED) is 0.731. The molecule has 0 aromatic heterocycles. The van der Waals surface area contributed by atoms with Crippen molar-refractivity contribution in [2.45, 2.75) is 38.8 Å². The Kier molecular flexibility index (Phi) is 7.01. The van der Waals surface area contributed by atoms with Gasteiger partial charge in [-0.15, -0.1) is 0 Å². The van der Waals surface area contributed by atoms with Crippen molar-refractivity contribution in [3.8, 4) is 0 Å². The summed E-state index contributed by atoms with van der Waals surface area (Å²) < 4.78 is 0. The van der Waals surface area contributed by atoms with Crippen LogP contribution in [0.5, 0.6) is 0 Å². The Balaban J connectivity index is 4.03. The van der Waals surface area contributed by atoms with Crippen LogP contribution >= 0.6 is 11.8 Å². The van der Waals surface area contributed by atoms with Crippen molar-refractivity contribution in [2.75, 3.05) is 19.1 Å². The average Bonchev–Trinajstić information content (AvgIpc) is 2.22. The summed E-state index contributed by atoms with van der Waals surface area (Å²) in [6.45, 7) is 4.00. The van der Waals surface area contributed by atoms with Crippen LogP contribution in [-0.4, -0.2) is 41.9 Å². The maximum atomic E-state index is 11.7. The summed E-state index contributed by atoms with van der Waals surface area (Å²) >= 11 is 1.80. The second-order valence-corrected chi connectivity index (χ2v) is 4.58. The number of hydrogen-bond acceptors (Lipinski definition) is 3. The number of rotatable bonds is 6. The first-order valence-corrected chi connectivity index (χ1v) is 6.45. The number of likely N-dealkylation sites (N-methyl/N-ethyl adjacent to an activating group) is 1. The molecular weight excluding hydrogens is 196 g/mol. The average molecular weight is 218 g/mol. The van der Waals surface area contributed by atoms with Crippen molar-refractivity contribution in [3.05, 3.63) is 0 Å². The zero-order chi connectivity index (χ0) is 11.1. The second-order valence-electron chi connectivity index (χ2n) is 3.59. The lowest BCUT2D eigenvalue weighted by Crippen LogP contribution is -2.45. The second kappa shape index (κ2) is 7.12. The first kappa shape index (κ1) is 13.8. The molecule has 0 spiro atoms. The minimum atomic E-state index is -0.336. The van der Waals surface area contributed by atoms with Crippen LogP contribution in [0.1, 0.15) is 26.7 Å². The number of nitrogens with zero attached hydrogens (tertiary/aromatic N) is 1. The highest BCUT2D eigenvalue weighted by Crippen LogP contribution is 2.07. The number of amides is 1. The number of thioether (sulfide) groups is 1. The summed E-state index contributed by atoms with van der Waals surface area (Å²) in [5.41, 5.74) is 5.69. The van der Waals surface area contributed by atoms with E-state index in [0.29, 0.717) is 6.42 Å². The molecule has 1 amide bonds. The normalized spacial score (nSPS) is 14.9. The lowest BCUT2D eigenvalue weighted by atomic mass is 10.1. The lowest BCUT2D eigenvalue weighted by molar-refractivity contribution is -0.133. The monoisotopic (exact) mass is 218 g/mol. The summed E-state index contributed by atoms with van der Waals surface area (Å²) in [6.07, 6.45) is 3.81. The van der Waals surface area contributed by atoms with E-state index in [4.69, 9.17) is 5.73 Å². The van der Waals surface area contributed by atoms with Gasteiger partial charge in [-0.3, -0.25) is 4.79 Å². The molecule has 0 heterocycles. The molecule has 0 saturated heterocycles. The number of nitrogens with two attached hydrogens (primary N) is 1. The van der Waals surface area contributed by atoms with Gasteiger partial charge in [-0.25, -0.2) is 0 Å². The molecule has 0 fully saturated rings. The van der Waals surface area contributed by atoms with Gasteiger partial charge >= 0.3 is 0 Å². The van der Waals surface area contributed by atoms with E-state index in [9.17, 15) is 4.79 Å². The highest BCUT2D eigenvalue weighted by molar-refractivity contribution is 7.98. The number of carbonyl (C=O) groups excluding carboxylic acids is 1. The van der Waals surface area contributed by atoms with Gasteiger partial charge in [0.2, 0.25) is 5.91 Å². The summed E-state index contributed by atoms with van der Waals surface area (Å²) in [6, 6.07) is -0.0516. The van der Waals surface area contributed by atoms with Gasteiger partial charge in [0.15, 0.2) is 0 Å². The summed E-state index contributed by atoms with van der Waals surface area (Å²) in [5, 5.41) is 0. The van der Waals surface area contributed by atoms with Gasteiger partial charge in [0, 0.05) is 13.1 Å². The van der Waals surface area contributed by atoms with E-state index < -0.39 is 0 Å². The SMILES string of the molecule is CC[C@H](N)C(=O)N(C)C(C)CCSC. The summed E-state index contributed by atoms with van der Waals surface area (Å²) in [4.78, 5) is 13.4. The van der Waals surface area contributed by atoms with E-state index >= 15 is 0 Å². The summed E-state index contributed by atoms with van der Waals surface area (Å²) in [5.74, 6) is 1.14. The third-order valence-corrected chi connectivity index (χ3v) is 3.15. The standard InChI is InChI=1S/C10H22N2OS/c1-5-9(11)10(13)12(3)8(2)6-7-14-4/h8-9H,5-7,11H2,1-4H3/t8?,9-/m0/s1. The molecule has 84 valence electrons. The van der Waals surface area contributed by atoms with Crippen LogP contribution in [0.4, 0.5) is 0 Å². The van der Waals surface area contributed by atoms with E-state index in [1.807, 2.05) is 14.0 Å². The van der Waals surface area contributed by atoms with Crippen molar-refractivity contribution in [1.29, 1.82) is 0 Å². The van der Waals surface area contributed by atoms with Crippen LogP contribution in [0.15, 0.2) is 0 Å². The van der Waals surface area contributed by atoms with Gasteiger partial charge in [0.25, 0.3) is 0 Å². The van der Waals surface area contributed by atoms with E-state index in [2.05, 4.69) is 13.2 Å². The molecule has 14 heavy (non-hydrogen) atoms. The molecule has 0 rings (SSSR count). The Morgan fingerprint density at radius 3 is 2.57 bits per heavy atom. The molecule has 1 unspecified atom stereocenters. The van der Waals surface area contributed by atoms with Gasteiger partial charge < -0.3 is 10.6 Å². The molecule has 0 aliphatic rings. The van der Waals surface area contributed by atoms with Gasteiger partial charge in [-0.2, -0.15) is 11.8 Å². The zero-order valence-electron chi connectivity index (χ0n) is 9.62. The molecule has 0 bridgehead atoms. The number of carbonyl (C=O) groups is 1. The van der Waals surface area contributed by atoms with Crippen LogP contribution in [0.3, 0.4) is 0 Å². The van der Waals surface area contributed by atoms with Gasteiger partial charge in [0.1, 0.15) is 0 Å². The van der Waals surface area contributed by atoms with Crippen molar-refractivity contribution < 1.29 is 4.79 Å². The Bertz CT molecular complexity index is 176. The first-order chi connectivity index (χ1) is 6.54. The molecule has 0 aromatic carbocycles. The third-order valence-electron chi connectivity index (χ3n) is 2.51. The molecule has 0 aliphatic carbocycles. The fourth-order valence-electron chi connectivity index (χ4n) is 1.14. The van der Waals surface area contributed by atoms with Crippen LogP contribution in [0, 0.1) is 0 Å².